The molecule has 0 aromatic rings. The van der Waals surface area contributed by atoms with E-state index in [-0.39, 0.29) is 6.54 Å². The quantitative estimate of drug-likeness (QED) is 0.359. The number of carboxylic acid groups (broad SMARTS) is 1. The highest BCUT2D eigenvalue weighted by Gasteiger charge is 2.47. The van der Waals surface area contributed by atoms with Gasteiger partial charge in [-0.3, -0.25) is 19.8 Å². The van der Waals surface area contributed by atoms with E-state index >= 15 is 0 Å². The van der Waals surface area contributed by atoms with E-state index in [0.717, 1.165) is 0 Å². The average molecular weight is 291 g/mol. The highest BCUT2D eigenvalue weighted by atomic mass is 79.9. The van der Waals surface area contributed by atoms with Crippen LogP contribution in [0.4, 0.5) is 0 Å². The van der Waals surface area contributed by atoms with Crippen LogP contribution in [0.5, 0.6) is 0 Å². The lowest BCUT2D eigenvalue weighted by molar-refractivity contribution is -0.527. The molecule has 6 nitrogen and oxygen atoms in total. The molecule has 0 aromatic carbocycles. The van der Waals surface area contributed by atoms with Crippen molar-refractivity contribution in [2.24, 2.45) is 0 Å². The first kappa shape index (κ1) is 12.9. The topological polar surface area (TPSA) is 83.7 Å². The minimum Gasteiger partial charge on any atom is -0.480 e. The van der Waals surface area contributed by atoms with Gasteiger partial charge in [0.25, 0.3) is 0 Å². The van der Waals surface area contributed by atoms with Crippen LogP contribution in [-0.4, -0.2) is 45.0 Å². The first-order valence-corrected chi connectivity index (χ1v) is 5.28. The second-order valence-electron chi connectivity index (χ2n) is 3.48. The fourth-order valence-corrected chi connectivity index (χ4v) is 2.18. The number of nitro groups is 1. The molecule has 0 amide bonds. The van der Waals surface area contributed by atoms with Gasteiger partial charge in [-0.05, 0) is 7.05 Å². The van der Waals surface area contributed by atoms with Gasteiger partial charge in [0, 0.05) is 26.9 Å². The summed E-state index contributed by atoms with van der Waals surface area (Å²) >= 11 is 3.05. The Labute approximate surface area is 101 Å². The molecule has 0 fully saturated rings. The first-order chi connectivity index (χ1) is 7.38. The highest BCUT2D eigenvalue weighted by Crippen LogP contribution is 2.31. The normalized spacial score (nSPS) is 28.3. The lowest BCUT2D eigenvalue weighted by atomic mass is 10.0. The molecular weight excluding hydrogens is 280 g/mol. The van der Waals surface area contributed by atoms with Crippen molar-refractivity contribution in [1.82, 2.24) is 4.90 Å². The van der Waals surface area contributed by atoms with Gasteiger partial charge in [0.1, 0.15) is 6.04 Å². The molecule has 0 bridgehead atoms. The summed E-state index contributed by atoms with van der Waals surface area (Å²) in [6, 6.07) is -0.636. The number of carbonyl (C=O) groups is 1. The molecular formula is C9H11BrN2O4. The van der Waals surface area contributed by atoms with Gasteiger partial charge in [0.15, 0.2) is 0 Å². The van der Waals surface area contributed by atoms with Crippen molar-refractivity contribution in [2.75, 3.05) is 13.6 Å². The van der Waals surface area contributed by atoms with Gasteiger partial charge < -0.3 is 5.11 Å². The molecule has 16 heavy (non-hydrogen) atoms. The maximum atomic E-state index is 11.0. The molecule has 1 aliphatic carbocycles. The third kappa shape index (κ3) is 2.48. The van der Waals surface area contributed by atoms with Crippen LogP contribution in [0.25, 0.3) is 0 Å². The fourth-order valence-electron chi connectivity index (χ4n) is 1.53. The third-order valence-electron chi connectivity index (χ3n) is 2.29. The van der Waals surface area contributed by atoms with Crippen molar-refractivity contribution in [2.45, 2.75) is 10.5 Å². The van der Waals surface area contributed by atoms with E-state index in [1.54, 1.807) is 18.2 Å². The van der Waals surface area contributed by atoms with Crippen molar-refractivity contribution in [3.8, 4) is 0 Å². The zero-order valence-electron chi connectivity index (χ0n) is 8.54. The van der Waals surface area contributed by atoms with Crippen molar-refractivity contribution >= 4 is 21.9 Å². The summed E-state index contributed by atoms with van der Waals surface area (Å²) in [7, 11) is 1.53. The van der Waals surface area contributed by atoms with E-state index in [1.165, 1.54) is 18.0 Å². The van der Waals surface area contributed by atoms with E-state index < -0.39 is 21.4 Å². The van der Waals surface area contributed by atoms with Crippen LogP contribution in [0.3, 0.4) is 0 Å². The number of alkyl halides is 1. The summed E-state index contributed by atoms with van der Waals surface area (Å²) < 4.78 is -1.47. The monoisotopic (exact) mass is 290 g/mol. The van der Waals surface area contributed by atoms with Crippen molar-refractivity contribution in [1.29, 1.82) is 0 Å². The van der Waals surface area contributed by atoms with Crippen LogP contribution in [-0.2, 0) is 4.79 Å². The Balaban J connectivity index is 2.93. The van der Waals surface area contributed by atoms with Gasteiger partial charge in [-0.2, -0.15) is 0 Å². The average Bonchev–Trinajstić information content (AvgIpc) is 2.16. The molecule has 2 unspecified atom stereocenters. The van der Waals surface area contributed by atoms with E-state index in [0.29, 0.717) is 0 Å². The molecule has 0 spiro atoms. The minimum absolute atomic E-state index is 0.260. The molecule has 88 valence electrons. The Kier molecular flexibility index (Phi) is 3.82. The van der Waals surface area contributed by atoms with Gasteiger partial charge in [0.05, 0.1) is 6.54 Å². The molecule has 0 heterocycles. The summed E-state index contributed by atoms with van der Waals surface area (Å²) in [5.41, 5.74) is 0. The van der Waals surface area contributed by atoms with Crippen molar-refractivity contribution in [3.63, 3.8) is 0 Å². The van der Waals surface area contributed by atoms with Crippen LogP contribution < -0.4 is 0 Å². The predicted octanol–water partition coefficient (Wildman–Crippen LogP) is 0.865. The number of nitrogens with zero attached hydrogens (tertiary/aromatic N) is 2. The summed E-state index contributed by atoms with van der Waals surface area (Å²) in [5.74, 6) is -1.02. The maximum absolute atomic E-state index is 11.0. The van der Waals surface area contributed by atoms with E-state index in [1.807, 2.05) is 0 Å². The van der Waals surface area contributed by atoms with Gasteiger partial charge in [0.2, 0.25) is 0 Å². The van der Waals surface area contributed by atoms with Crippen LogP contribution in [0, 0.1) is 10.1 Å². The van der Waals surface area contributed by atoms with Crippen LogP contribution in [0.2, 0.25) is 0 Å². The number of rotatable bonds is 4. The number of aliphatic carboxylic acids is 1. The van der Waals surface area contributed by atoms with E-state index in [9.17, 15) is 14.9 Å². The zero-order valence-corrected chi connectivity index (χ0v) is 10.1. The van der Waals surface area contributed by atoms with Crippen LogP contribution in [0.15, 0.2) is 24.3 Å². The lowest BCUT2D eigenvalue weighted by Crippen LogP contribution is -2.52. The number of hydrogen-bond donors (Lipinski definition) is 1. The van der Waals surface area contributed by atoms with Gasteiger partial charge in [-0.1, -0.05) is 18.2 Å². The van der Waals surface area contributed by atoms with E-state index in [2.05, 4.69) is 15.9 Å². The molecule has 7 heteroatoms. The molecule has 0 radical (unpaired) electrons. The molecule has 0 aromatic heterocycles. The molecule has 1 aliphatic rings. The van der Waals surface area contributed by atoms with E-state index in [4.69, 9.17) is 5.11 Å². The Morgan fingerprint density at radius 1 is 1.69 bits per heavy atom. The summed E-state index contributed by atoms with van der Waals surface area (Å²) in [6.45, 7) is -0.260. The number of likely N-dealkylation sites (N-methyl/N-ethyl adjacent to an activating group) is 1. The van der Waals surface area contributed by atoms with Crippen LogP contribution in [0.1, 0.15) is 0 Å². The highest BCUT2D eigenvalue weighted by molar-refractivity contribution is 9.10. The number of halogens is 1. The number of carboxylic acids is 1. The van der Waals surface area contributed by atoms with Gasteiger partial charge >= 0.3 is 10.4 Å². The smallest absolute Gasteiger partial charge is 0.317 e. The SMILES string of the molecule is CN(CC(=O)O)C1C=CC=CC1(Br)[N+](=O)[O-]. The van der Waals surface area contributed by atoms with Crippen molar-refractivity contribution in [3.05, 3.63) is 34.4 Å². The zero-order chi connectivity index (χ0) is 12.3. The third-order valence-corrected chi connectivity index (χ3v) is 3.31. The molecule has 0 saturated heterocycles. The largest absolute Gasteiger partial charge is 0.480 e. The Morgan fingerprint density at radius 3 is 2.81 bits per heavy atom. The molecule has 2 atom stereocenters. The minimum atomic E-state index is -1.47. The van der Waals surface area contributed by atoms with Gasteiger partial charge in [-0.25, -0.2) is 0 Å². The first-order valence-electron chi connectivity index (χ1n) is 4.49. The fraction of sp³-hybridized carbons (Fsp3) is 0.444. The summed E-state index contributed by atoms with van der Waals surface area (Å²) in [6.07, 6.45) is 6.21. The Hall–Kier alpha value is -1.21. The van der Waals surface area contributed by atoms with Crippen LogP contribution >= 0.6 is 15.9 Å². The summed E-state index contributed by atoms with van der Waals surface area (Å²) in [5, 5.41) is 19.6. The number of allylic oxidation sites excluding steroid dienone is 2. The Morgan fingerprint density at radius 2 is 2.31 bits per heavy atom. The maximum Gasteiger partial charge on any atom is 0.317 e. The summed E-state index contributed by atoms with van der Waals surface area (Å²) in [4.78, 5) is 22.5. The molecule has 0 saturated carbocycles. The molecule has 0 aliphatic heterocycles. The molecule has 1 rings (SSSR count). The molecule has 1 N–H and O–H groups in total. The lowest BCUT2D eigenvalue weighted by Gasteiger charge is -2.31. The number of hydrogen-bond acceptors (Lipinski definition) is 4. The standard InChI is InChI=1S/C9H11BrN2O4/c1-11(6-8(13)14)7-4-2-3-5-9(7,10)12(15)16/h2-5,7H,6H2,1H3,(H,13,14). The Bertz CT molecular complexity index is 369. The van der Waals surface area contributed by atoms with Gasteiger partial charge in [-0.15, -0.1) is 0 Å². The second-order valence-corrected chi connectivity index (χ2v) is 4.75. The second kappa shape index (κ2) is 4.75. The predicted molar refractivity (Wildman–Crippen MR) is 61.0 cm³/mol. The van der Waals surface area contributed by atoms with Crippen molar-refractivity contribution < 1.29 is 14.8 Å².